The van der Waals surface area contributed by atoms with Crippen molar-refractivity contribution in [2.75, 3.05) is 14.2 Å². The minimum atomic E-state index is -0.273. The second-order valence-corrected chi connectivity index (χ2v) is 6.84. The molecule has 0 bridgehead atoms. The van der Waals surface area contributed by atoms with Gasteiger partial charge in [0, 0.05) is 5.92 Å². The van der Waals surface area contributed by atoms with Crippen molar-refractivity contribution in [1.29, 1.82) is 0 Å². The Bertz CT molecular complexity index is 774. The maximum absolute atomic E-state index is 13.8. The van der Waals surface area contributed by atoms with Crippen LogP contribution in [0.2, 0.25) is 0 Å². The van der Waals surface area contributed by atoms with Gasteiger partial charge in [-0.3, -0.25) is 0 Å². The second kappa shape index (κ2) is 6.68. The molecule has 4 rings (SSSR count). The molecule has 4 heteroatoms. The highest BCUT2D eigenvalue weighted by Gasteiger charge is 2.38. The van der Waals surface area contributed by atoms with Crippen molar-refractivity contribution in [3.8, 4) is 11.5 Å². The third-order valence-electron chi connectivity index (χ3n) is 5.44. The van der Waals surface area contributed by atoms with Crippen LogP contribution < -0.4 is 9.47 Å². The molecule has 0 spiro atoms. The summed E-state index contributed by atoms with van der Waals surface area (Å²) in [7, 11) is 3.29. The van der Waals surface area contributed by atoms with Gasteiger partial charge in [-0.25, -0.2) is 4.39 Å². The molecule has 1 aliphatic heterocycles. The van der Waals surface area contributed by atoms with Crippen LogP contribution in [0.25, 0.3) is 0 Å². The molecule has 2 aromatic carbocycles. The first-order valence-corrected chi connectivity index (χ1v) is 8.88. The van der Waals surface area contributed by atoms with Crippen molar-refractivity contribution < 1.29 is 18.6 Å². The molecule has 0 radical (unpaired) electrons. The number of rotatable bonds is 3. The van der Waals surface area contributed by atoms with E-state index in [4.69, 9.17) is 14.2 Å². The SMILES string of the molecule is COc1cc2c(cc1OC)[C@@H]1CCCC[C@@H]1O[C@@H]2c1cccc(F)c1. The molecule has 2 aliphatic rings. The van der Waals surface area contributed by atoms with Gasteiger partial charge in [0.15, 0.2) is 11.5 Å². The summed E-state index contributed by atoms with van der Waals surface area (Å²) in [4.78, 5) is 0. The molecule has 132 valence electrons. The fourth-order valence-corrected chi connectivity index (χ4v) is 4.25. The van der Waals surface area contributed by atoms with Crippen LogP contribution in [-0.2, 0) is 4.74 Å². The molecule has 0 saturated heterocycles. The Hall–Kier alpha value is -2.07. The van der Waals surface area contributed by atoms with Crippen molar-refractivity contribution >= 4 is 0 Å². The molecule has 3 atom stereocenters. The number of ether oxygens (including phenoxy) is 3. The molecule has 1 saturated carbocycles. The zero-order valence-electron chi connectivity index (χ0n) is 14.6. The van der Waals surface area contributed by atoms with Gasteiger partial charge < -0.3 is 14.2 Å². The van der Waals surface area contributed by atoms with E-state index in [1.165, 1.54) is 24.5 Å². The Morgan fingerprint density at radius 2 is 1.68 bits per heavy atom. The molecule has 2 aromatic rings. The molecular formula is C21H23FO3. The Labute approximate surface area is 147 Å². The Morgan fingerprint density at radius 3 is 2.40 bits per heavy atom. The lowest BCUT2D eigenvalue weighted by atomic mass is 9.76. The van der Waals surface area contributed by atoms with Crippen LogP contribution in [-0.4, -0.2) is 20.3 Å². The van der Waals surface area contributed by atoms with E-state index in [0.717, 1.165) is 29.7 Å². The predicted octanol–water partition coefficient (Wildman–Crippen LogP) is 4.99. The van der Waals surface area contributed by atoms with E-state index in [2.05, 4.69) is 6.07 Å². The van der Waals surface area contributed by atoms with E-state index in [1.807, 2.05) is 12.1 Å². The summed E-state index contributed by atoms with van der Waals surface area (Å²) in [5.74, 6) is 1.55. The van der Waals surface area contributed by atoms with Crippen molar-refractivity contribution in [3.63, 3.8) is 0 Å². The van der Waals surface area contributed by atoms with Crippen LogP contribution in [0, 0.1) is 5.82 Å². The Kier molecular flexibility index (Phi) is 4.38. The molecule has 0 N–H and O–H groups in total. The smallest absolute Gasteiger partial charge is 0.161 e. The highest BCUT2D eigenvalue weighted by Crippen LogP contribution is 2.49. The normalized spacial score (nSPS) is 25.0. The van der Waals surface area contributed by atoms with Gasteiger partial charge in [-0.1, -0.05) is 25.0 Å². The maximum Gasteiger partial charge on any atom is 0.161 e. The summed E-state index contributed by atoms with van der Waals surface area (Å²) in [6.07, 6.45) is 4.45. The fraction of sp³-hybridized carbons (Fsp3) is 0.429. The van der Waals surface area contributed by atoms with Crippen molar-refractivity contribution in [3.05, 3.63) is 58.9 Å². The van der Waals surface area contributed by atoms with Crippen LogP contribution >= 0.6 is 0 Å². The summed E-state index contributed by atoms with van der Waals surface area (Å²) >= 11 is 0. The lowest BCUT2D eigenvalue weighted by Crippen LogP contribution is -2.33. The molecule has 1 fully saturated rings. The third kappa shape index (κ3) is 2.89. The summed E-state index contributed by atoms with van der Waals surface area (Å²) in [5, 5.41) is 0. The maximum atomic E-state index is 13.8. The molecular weight excluding hydrogens is 319 g/mol. The van der Waals surface area contributed by atoms with Crippen LogP contribution in [0.3, 0.4) is 0 Å². The monoisotopic (exact) mass is 342 g/mol. The zero-order chi connectivity index (χ0) is 17.4. The Balaban J connectivity index is 1.87. The number of halogens is 1. The van der Waals surface area contributed by atoms with Crippen LogP contribution in [0.4, 0.5) is 4.39 Å². The first kappa shape index (κ1) is 16.4. The summed E-state index contributed by atoms with van der Waals surface area (Å²) in [5.41, 5.74) is 3.16. The van der Waals surface area contributed by atoms with Crippen LogP contribution in [0.5, 0.6) is 11.5 Å². The molecule has 25 heavy (non-hydrogen) atoms. The standard InChI is InChI=1S/C21H23FO3/c1-23-19-11-16-15-8-3-4-9-18(15)25-21(17(16)12-20(19)24-2)13-6-5-7-14(22)10-13/h5-7,10-12,15,18,21H,3-4,8-9H2,1-2H3/t15-,18-,21+/m0/s1. The van der Waals surface area contributed by atoms with E-state index < -0.39 is 0 Å². The average molecular weight is 342 g/mol. The quantitative estimate of drug-likeness (QED) is 0.786. The van der Waals surface area contributed by atoms with Gasteiger partial charge in [-0.2, -0.15) is 0 Å². The van der Waals surface area contributed by atoms with E-state index in [1.54, 1.807) is 26.4 Å². The number of hydrogen-bond donors (Lipinski definition) is 0. The third-order valence-corrected chi connectivity index (χ3v) is 5.44. The topological polar surface area (TPSA) is 27.7 Å². The molecule has 1 aliphatic carbocycles. The fourth-order valence-electron chi connectivity index (χ4n) is 4.25. The lowest BCUT2D eigenvalue weighted by molar-refractivity contribution is -0.0392. The van der Waals surface area contributed by atoms with Crippen molar-refractivity contribution in [2.45, 2.75) is 43.8 Å². The van der Waals surface area contributed by atoms with E-state index in [-0.39, 0.29) is 18.0 Å². The lowest BCUT2D eigenvalue weighted by Gasteiger charge is -2.41. The van der Waals surface area contributed by atoms with Crippen LogP contribution in [0.15, 0.2) is 36.4 Å². The number of hydrogen-bond acceptors (Lipinski definition) is 3. The van der Waals surface area contributed by atoms with Gasteiger partial charge in [0.2, 0.25) is 0 Å². The zero-order valence-corrected chi connectivity index (χ0v) is 14.6. The van der Waals surface area contributed by atoms with Gasteiger partial charge in [-0.15, -0.1) is 0 Å². The number of methoxy groups -OCH3 is 2. The van der Waals surface area contributed by atoms with Crippen molar-refractivity contribution in [1.82, 2.24) is 0 Å². The molecule has 0 amide bonds. The van der Waals surface area contributed by atoms with Gasteiger partial charge in [-0.05, 0) is 53.8 Å². The Morgan fingerprint density at radius 1 is 0.960 bits per heavy atom. The molecule has 1 heterocycles. The van der Waals surface area contributed by atoms with E-state index >= 15 is 0 Å². The van der Waals surface area contributed by atoms with E-state index in [0.29, 0.717) is 11.7 Å². The minimum Gasteiger partial charge on any atom is -0.493 e. The average Bonchev–Trinajstić information content (AvgIpc) is 2.66. The molecule has 3 nitrogen and oxygen atoms in total. The van der Waals surface area contributed by atoms with Crippen molar-refractivity contribution in [2.24, 2.45) is 0 Å². The highest BCUT2D eigenvalue weighted by molar-refractivity contribution is 5.52. The van der Waals surface area contributed by atoms with Gasteiger partial charge >= 0.3 is 0 Å². The first-order valence-electron chi connectivity index (χ1n) is 8.88. The van der Waals surface area contributed by atoms with Gasteiger partial charge in [0.25, 0.3) is 0 Å². The summed E-state index contributed by atoms with van der Waals surface area (Å²) in [6, 6.07) is 10.8. The largest absolute Gasteiger partial charge is 0.493 e. The second-order valence-electron chi connectivity index (χ2n) is 6.84. The molecule has 0 aromatic heterocycles. The number of benzene rings is 2. The minimum absolute atomic E-state index is 0.174. The van der Waals surface area contributed by atoms with Gasteiger partial charge in [0.05, 0.1) is 20.3 Å². The summed E-state index contributed by atoms with van der Waals surface area (Å²) in [6.45, 7) is 0. The highest BCUT2D eigenvalue weighted by atomic mass is 19.1. The predicted molar refractivity (Wildman–Crippen MR) is 93.9 cm³/mol. The van der Waals surface area contributed by atoms with E-state index in [9.17, 15) is 4.39 Å². The molecule has 0 unspecified atom stereocenters. The number of fused-ring (bicyclic) bond motifs is 3. The van der Waals surface area contributed by atoms with Gasteiger partial charge in [0.1, 0.15) is 11.9 Å². The van der Waals surface area contributed by atoms with Crippen LogP contribution in [0.1, 0.15) is 54.4 Å². The summed E-state index contributed by atoms with van der Waals surface area (Å²) < 4.78 is 31.3. The first-order chi connectivity index (χ1) is 12.2.